The normalized spacial score (nSPS) is 25.5. The molecule has 2 fully saturated rings. The maximum atomic E-state index is 12.6. The summed E-state index contributed by atoms with van der Waals surface area (Å²) in [4.78, 5) is 17.1. The van der Waals surface area contributed by atoms with Gasteiger partial charge < -0.3 is 14.2 Å². The number of likely N-dealkylation sites (tertiary alicyclic amines) is 2. The van der Waals surface area contributed by atoms with Crippen LogP contribution in [0.15, 0.2) is 36.9 Å². The van der Waals surface area contributed by atoms with Gasteiger partial charge >= 0.3 is 0 Å². The van der Waals surface area contributed by atoms with Gasteiger partial charge in [0.05, 0.1) is 7.11 Å². The van der Waals surface area contributed by atoms with Gasteiger partial charge in [0.15, 0.2) is 0 Å². The molecule has 2 aromatic rings. The molecule has 1 aromatic carbocycles. The molecule has 0 N–H and O–H groups in total. The van der Waals surface area contributed by atoms with Crippen molar-refractivity contribution in [3.63, 3.8) is 0 Å². The van der Waals surface area contributed by atoms with Gasteiger partial charge in [-0.1, -0.05) is 12.1 Å². The van der Waals surface area contributed by atoms with Gasteiger partial charge in [0.1, 0.15) is 18.4 Å². The molecule has 7 nitrogen and oxygen atoms in total. The Morgan fingerprint density at radius 3 is 2.58 bits per heavy atom. The second-order valence-corrected chi connectivity index (χ2v) is 7.33. The summed E-state index contributed by atoms with van der Waals surface area (Å²) in [6.45, 7) is 3.38. The molecule has 0 bridgehead atoms. The highest BCUT2D eigenvalue weighted by atomic mass is 16.5. The molecule has 1 aromatic heterocycles. The van der Waals surface area contributed by atoms with Crippen LogP contribution in [0, 0.1) is 11.8 Å². The van der Waals surface area contributed by atoms with Crippen LogP contribution in [0.4, 0.5) is 0 Å². The molecular weight excluding hydrogens is 330 g/mol. The molecule has 2 aliphatic rings. The van der Waals surface area contributed by atoms with Crippen molar-refractivity contribution in [3.8, 4) is 5.75 Å². The maximum absolute atomic E-state index is 12.6. The summed E-state index contributed by atoms with van der Waals surface area (Å²) >= 11 is 0. The van der Waals surface area contributed by atoms with Crippen LogP contribution in [-0.2, 0) is 11.3 Å². The fourth-order valence-electron chi connectivity index (χ4n) is 4.48. The number of carbonyl (C=O) groups excluding carboxylic acids is 1. The Balaban J connectivity index is 1.41. The second kappa shape index (κ2) is 7.07. The van der Waals surface area contributed by atoms with Crippen molar-refractivity contribution in [1.29, 1.82) is 0 Å². The van der Waals surface area contributed by atoms with Crippen LogP contribution in [0.1, 0.15) is 18.0 Å². The van der Waals surface area contributed by atoms with E-state index in [0.29, 0.717) is 30.8 Å². The third-order valence-corrected chi connectivity index (χ3v) is 5.75. The topological polar surface area (TPSA) is 63.5 Å². The Hall–Kier alpha value is -2.41. The van der Waals surface area contributed by atoms with Gasteiger partial charge in [-0.15, -0.1) is 10.2 Å². The number of carbonyl (C=O) groups is 1. The number of ether oxygens (including phenoxy) is 1. The van der Waals surface area contributed by atoms with E-state index in [4.69, 9.17) is 4.74 Å². The van der Waals surface area contributed by atoms with Crippen molar-refractivity contribution < 1.29 is 9.53 Å². The minimum absolute atomic E-state index is 0.226. The zero-order valence-electron chi connectivity index (χ0n) is 15.3. The molecule has 0 saturated carbocycles. The third-order valence-electron chi connectivity index (χ3n) is 5.75. The molecule has 7 heteroatoms. The molecule has 2 aliphatic heterocycles. The molecule has 3 atom stereocenters. The highest BCUT2D eigenvalue weighted by molar-refractivity contribution is 5.76. The van der Waals surface area contributed by atoms with E-state index in [1.165, 1.54) is 5.56 Å². The monoisotopic (exact) mass is 355 g/mol. The quantitative estimate of drug-likeness (QED) is 0.812. The lowest BCUT2D eigenvalue weighted by Gasteiger charge is -2.27. The number of hydrogen-bond donors (Lipinski definition) is 0. The van der Waals surface area contributed by atoms with Gasteiger partial charge in [0.2, 0.25) is 5.91 Å². The van der Waals surface area contributed by atoms with Gasteiger partial charge in [-0.25, -0.2) is 0 Å². The highest BCUT2D eigenvalue weighted by Gasteiger charge is 2.47. The summed E-state index contributed by atoms with van der Waals surface area (Å²) < 4.78 is 7.12. The number of rotatable bonds is 5. The predicted molar refractivity (Wildman–Crippen MR) is 96.6 cm³/mol. The van der Waals surface area contributed by atoms with Gasteiger partial charge in [0, 0.05) is 44.6 Å². The number of benzene rings is 1. The number of fused-ring (bicyclic) bond motifs is 1. The number of amides is 1. The smallest absolute Gasteiger partial charge is 0.224 e. The summed E-state index contributed by atoms with van der Waals surface area (Å²) in [7, 11) is 3.87. The van der Waals surface area contributed by atoms with Crippen LogP contribution in [0.2, 0.25) is 0 Å². The standard InChI is InChI=1S/C19H25N5O2/c1-22-9-15-10-24(18(25)7-8-23-12-20-21-13-23)11-17(15)19(22)14-3-5-16(26-2)6-4-14/h3-6,12-13,15,17,19H,7-11H2,1-2H3/t15-,17+,19+/m0/s1. The first-order valence-electron chi connectivity index (χ1n) is 9.10. The minimum atomic E-state index is 0.226. The van der Waals surface area contributed by atoms with Crippen molar-refractivity contribution in [1.82, 2.24) is 24.6 Å². The molecule has 2 saturated heterocycles. The summed E-state index contributed by atoms with van der Waals surface area (Å²) in [6.07, 6.45) is 3.81. The molecule has 3 heterocycles. The summed E-state index contributed by atoms with van der Waals surface area (Å²) in [6, 6.07) is 8.71. The van der Waals surface area contributed by atoms with Crippen molar-refractivity contribution in [2.45, 2.75) is 19.0 Å². The van der Waals surface area contributed by atoms with Gasteiger partial charge in [-0.2, -0.15) is 0 Å². The first-order chi connectivity index (χ1) is 12.7. The number of methoxy groups -OCH3 is 1. The van der Waals surface area contributed by atoms with Crippen molar-refractivity contribution >= 4 is 5.91 Å². The van der Waals surface area contributed by atoms with Crippen LogP contribution < -0.4 is 4.74 Å². The highest BCUT2D eigenvalue weighted by Crippen LogP contribution is 2.44. The Kier molecular flexibility index (Phi) is 4.63. The summed E-state index contributed by atoms with van der Waals surface area (Å²) in [5.41, 5.74) is 1.31. The fraction of sp³-hybridized carbons (Fsp3) is 0.526. The van der Waals surface area contributed by atoms with Gasteiger partial charge in [-0.3, -0.25) is 9.69 Å². The lowest BCUT2D eigenvalue weighted by Crippen LogP contribution is -2.33. The number of nitrogens with zero attached hydrogens (tertiary/aromatic N) is 5. The van der Waals surface area contributed by atoms with E-state index in [-0.39, 0.29) is 5.91 Å². The average Bonchev–Trinajstić information content (AvgIpc) is 3.36. The van der Waals surface area contributed by atoms with Gasteiger partial charge in [0.25, 0.3) is 0 Å². The minimum Gasteiger partial charge on any atom is -0.497 e. The van der Waals surface area contributed by atoms with Crippen LogP contribution in [0.25, 0.3) is 0 Å². The van der Waals surface area contributed by atoms with E-state index in [2.05, 4.69) is 34.3 Å². The number of aromatic nitrogens is 3. The van der Waals surface area contributed by atoms with E-state index in [1.54, 1.807) is 19.8 Å². The molecule has 1 amide bonds. The zero-order chi connectivity index (χ0) is 18.1. The third kappa shape index (κ3) is 3.19. The lowest BCUT2D eigenvalue weighted by atomic mass is 9.89. The Morgan fingerprint density at radius 2 is 1.88 bits per heavy atom. The van der Waals surface area contributed by atoms with E-state index in [0.717, 1.165) is 25.4 Å². The predicted octanol–water partition coefficient (Wildman–Crippen LogP) is 1.44. The average molecular weight is 355 g/mol. The number of hydrogen-bond acceptors (Lipinski definition) is 5. The lowest BCUT2D eigenvalue weighted by molar-refractivity contribution is -0.130. The Bertz CT molecular complexity index is 746. The van der Waals surface area contributed by atoms with E-state index >= 15 is 0 Å². The summed E-state index contributed by atoms with van der Waals surface area (Å²) in [5, 5.41) is 7.56. The Labute approximate surface area is 153 Å². The molecule has 4 rings (SSSR count). The SMILES string of the molecule is COc1ccc([C@@H]2[C@@H]3CN(C(=O)CCn4cnnc4)C[C@@H]3CN2C)cc1. The first-order valence-corrected chi connectivity index (χ1v) is 9.10. The molecule has 0 spiro atoms. The van der Waals surface area contributed by atoms with Crippen LogP contribution >= 0.6 is 0 Å². The van der Waals surface area contributed by atoms with Crippen LogP contribution in [0.3, 0.4) is 0 Å². The molecule has 26 heavy (non-hydrogen) atoms. The largest absolute Gasteiger partial charge is 0.497 e. The Morgan fingerprint density at radius 1 is 1.15 bits per heavy atom. The van der Waals surface area contributed by atoms with Gasteiger partial charge in [-0.05, 0) is 30.7 Å². The molecular formula is C19H25N5O2. The molecule has 0 aliphatic carbocycles. The van der Waals surface area contributed by atoms with E-state index in [9.17, 15) is 4.79 Å². The first kappa shape index (κ1) is 17.0. The summed E-state index contributed by atoms with van der Waals surface area (Å²) in [5.74, 6) is 2.14. The zero-order valence-corrected chi connectivity index (χ0v) is 15.3. The van der Waals surface area contributed by atoms with Crippen molar-refractivity contribution in [2.24, 2.45) is 11.8 Å². The molecule has 0 unspecified atom stereocenters. The van der Waals surface area contributed by atoms with E-state index in [1.807, 2.05) is 21.6 Å². The maximum Gasteiger partial charge on any atom is 0.224 e. The van der Waals surface area contributed by atoms with E-state index < -0.39 is 0 Å². The molecule has 0 radical (unpaired) electrons. The van der Waals surface area contributed by atoms with Crippen molar-refractivity contribution in [2.75, 3.05) is 33.8 Å². The van der Waals surface area contributed by atoms with Crippen LogP contribution in [0.5, 0.6) is 5.75 Å². The second-order valence-electron chi connectivity index (χ2n) is 7.33. The number of aryl methyl sites for hydroxylation is 1. The molecule has 138 valence electrons. The van der Waals surface area contributed by atoms with Crippen molar-refractivity contribution in [3.05, 3.63) is 42.5 Å². The van der Waals surface area contributed by atoms with Crippen LogP contribution in [-0.4, -0.2) is 64.3 Å². The fourth-order valence-corrected chi connectivity index (χ4v) is 4.48.